The molecule has 0 unspecified atom stereocenters. The number of aliphatic carboxylic acids is 1. The molecule has 0 saturated heterocycles. The van der Waals surface area contributed by atoms with Crippen molar-refractivity contribution in [3.63, 3.8) is 0 Å². The number of carboxylic acid groups (broad SMARTS) is 1. The predicted molar refractivity (Wildman–Crippen MR) is 105 cm³/mol. The van der Waals surface area contributed by atoms with E-state index < -0.39 is 35.5 Å². The van der Waals surface area contributed by atoms with E-state index in [1.165, 1.54) is 12.1 Å². The maximum Gasteiger partial charge on any atom is 0.365 e. The second kappa shape index (κ2) is 10.7. The van der Waals surface area contributed by atoms with Gasteiger partial charge in [0.05, 0.1) is 5.56 Å². The number of nitrogens with one attached hydrogen (secondary N) is 1. The second-order valence-electron chi connectivity index (χ2n) is 5.69. The number of ether oxygens (including phenoxy) is 2. The largest absolute Gasteiger partial charge is 0.476 e. The molecule has 0 aliphatic heterocycles. The minimum Gasteiger partial charge on any atom is -0.476 e. The highest BCUT2D eigenvalue weighted by molar-refractivity contribution is 6.41. The Morgan fingerprint density at radius 3 is 2.38 bits per heavy atom. The molecule has 14 heteroatoms. The van der Waals surface area contributed by atoms with Crippen molar-refractivity contribution in [1.82, 2.24) is 4.98 Å². The lowest BCUT2D eigenvalue weighted by atomic mass is 10.2. The highest BCUT2D eigenvalue weighted by Gasteiger charge is 2.21. The third-order valence-electron chi connectivity index (χ3n) is 3.22. The molecule has 0 radical (unpaired) electrons. The van der Waals surface area contributed by atoms with Gasteiger partial charge in [0.15, 0.2) is 11.5 Å². The first-order chi connectivity index (χ1) is 15.1. The molecule has 168 valence electrons. The fourth-order valence-corrected chi connectivity index (χ4v) is 2.10. The third kappa shape index (κ3) is 6.63. The minimum atomic E-state index is -1.62. The number of amides is 1. The van der Waals surface area contributed by atoms with E-state index in [9.17, 15) is 29.1 Å². The molecule has 2 aromatic rings. The zero-order valence-corrected chi connectivity index (χ0v) is 17.2. The number of carbonyl (C=O) groups excluding carboxylic acids is 4. The van der Waals surface area contributed by atoms with Gasteiger partial charge in [0.2, 0.25) is 11.6 Å². The van der Waals surface area contributed by atoms with Crippen LogP contribution in [0.4, 0.5) is 6.01 Å². The molecule has 2 rings (SSSR count). The van der Waals surface area contributed by atoms with Crippen molar-refractivity contribution in [3.05, 3.63) is 35.7 Å². The zero-order chi connectivity index (χ0) is 23.8. The van der Waals surface area contributed by atoms with Crippen molar-refractivity contribution >= 4 is 53.1 Å². The normalized spacial score (nSPS) is 10.8. The summed E-state index contributed by atoms with van der Waals surface area (Å²) in [6.07, 6.45) is 0.858. The fourth-order valence-electron chi connectivity index (χ4n) is 2.04. The summed E-state index contributed by atoms with van der Waals surface area (Å²) < 4.78 is 14.7. The molecule has 1 amide bonds. The zero-order valence-electron chi connectivity index (χ0n) is 16.4. The van der Waals surface area contributed by atoms with Gasteiger partial charge in [0, 0.05) is 13.8 Å². The summed E-state index contributed by atoms with van der Waals surface area (Å²) in [6.45, 7) is 2.21. The summed E-state index contributed by atoms with van der Waals surface area (Å²) in [5, 5.41) is 14.7. The number of nitrogens with zero attached hydrogens (tertiary/aromatic N) is 2. The van der Waals surface area contributed by atoms with Crippen LogP contribution in [0.15, 0.2) is 34.0 Å². The number of anilines is 1. The molecule has 0 spiro atoms. The molecule has 0 fully saturated rings. The molecule has 13 nitrogen and oxygen atoms in total. The summed E-state index contributed by atoms with van der Waals surface area (Å²) in [5.74, 6) is -5.62. The van der Waals surface area contributed by atoms with Crippen molar-refractivity contribution < 1.29 is 47.8 Å². The number of hydrogen-bond donors (Lipinski definition) is 2. The Morgan fingerprint density at radius 1 is 1.12 bits per heavy atom. The molecule has 1 aromatic heterocycles. The minimum absolute atomic E-state index is 0.131. The van der Waals surface area contributed by atoms with Crippen LogP contribution in [0.2, 0.25) is 0 Å². The van der Waals surface area contributed by atoms with Gasteiger partial charge in [-0.3, -0.25) is 19.7 Å². The molecule has 0 atom stereocenters. The maximum atomic E-state index is 12.3. The van der Waals surface area contributed by atoms with Gasteiger partial charge in [-0.2, -0.15) is 4.98 Å². The molecular formula is C18H14ClN3O10. The highest BCUT2D eigenvalue weighted by Crippen LogP contribution is 2.29. The number of alkyl halides is 1. The lowest BCUT2D eigenvalue weighted by Gasteiger charge is -2.09. The lowest BCUT2D eigenvalue weighted by Crippen LogP contribution is -2.17. The Balaban J connectivity index is 2.25. The van der Waals surface area contributed by atoms with Crippen LogP contribution < -0.4 is 14.8 Å². The van der Waals surface area contributed by atoms with Crippen LogP contribution >= 0.6 is 11.6 Å². The number of benzene rings is 1. The average Bonchev–Trinajstić information content (AvgIpc) is 3.16. The lowest BCUT2D eigenvalue weighted by molar-refractivity contribution is -0.134. The summed E-state index contributed by atoms with van der Waals surface area (Å²) in [5.41, 5.74) is -1.38. The number of esters is 2. The van der Waals surface area contributed by atoms with Crippen LogP contribution in [0.1, 0.15) is 29.9 Å². The van der Waals surface area contributed by atoms with E-state index in [1.54, 1.807) is 0 Å². The summed E-state index contributed by atoms with van der Waals surface area (Å²) in [4.78, 5) is 65.7. The van der Waals surface area contributed by atoms with E-state index in [4.69, 9.17) is 25.5 Å². The Hall–Kier alpha value is -4.26. The molecule has 32 heavy (non-hydrogen) atoms. The SMILES string of the molecule is CC(=O)Oc1ccc(C(=O)O/N=C(\C(=O)O)c2coc(NC(=O)CCl)n2)cc1OC(C)=O. The number of carbonyl (C=O) groups is 5. The first kappa shape index (κ1) is 24.0. The topological polar surface area (TPSA) is 184 Å². The number of aromatic nitrogens is 1. The van der Waals surface area contributed by atoms with E-state index >= 15 is 0 Å². The van der Waals surface area contributed by atoms with Crippen molar-refractivity contribution in [2.24, 2.45) is 5.16 Å². The van der Waals surface area contributed by atoms with Crippen LogP contribution in [-0.2, 0) is 24.0 Å². The van der Waals surface area contributed by atoms with E-state index in [2.05, 4.69) is 20.3 Å². The quantitative estimate of drug-likeness (QED) is 0.142. The van der Waals surface area contributed by atoms with Crippen molar-refractivity contribution in [2.75, 3.05) is 11.2 Å². The maximum absolute atomic E-state index is 12.3. The number of carboxylic acids is 1. The predicted octanol–water partition coefficient (Wildman–Crippen LogP) is 1.35. The van der Waals surface area contributed by atoms with Crippen molar-refractivity contribution in [2.45, 2.75) is 13.8 Å². The van der Waals surface area contributed by atoms with Crippen molar-refractivity contribution in [3.8, 4) is 11.5 Å². The smallest absolute Gasteiger partial charge is 0.365 e. The molecule has 0 aliphatic rings. The standard InChI is InChI=1S/C18H14ClN3O10/c1-8(23)30-12-4-3-10(5-13(12)31-9(2)24)17(28)32-22-15(16(26)27)11-7-29-18(20-11)21-14(25)6-19/h3-5,7H,6H2,1-2H3,(H,26,27)(H,20,21,25)/b22-15-. The molecule has 0 saturated carbocycles. The van der Waals surface area contributed by atoms with Gasteiger partial charge in [0.25, 0.3) is 0 Å². The van der Waals surface area contributed by atoms with Crippen LogP contribution in [0.3, 0.4) is 0 Å². The summed E-state index contributed by atoms with van der Waals surface area (Å²) >= 11 is 5.33. The van der Waals surface area contributed by atoms with Gasteiger partial charge in [-0.05, 0) is 18.2 Å². The van der Waals surface area contributed by atoms with E-state index in [-0.39, 0.29) is 34.7 Å². The Bertz CT molecular complexity index is 1110. The van der Waals surface area contributed by atoms with Gasteiger partial charge >= 0.3 is 29.9 Å². The van der Waals surface area contributed by atoms with Crippen LogP contribution in [0.25, 0.3) is 0 Å². The van der Waals surface area contributed by atoms with E-state index in [0.717, 1.165) is 26.2 Å². The van der Waals surface area contributed by atoms with Crippen LogP contribution in [-0.4, -0.2) is 51.5 Å². The van der Waals surface area contributed by atoms with Crippen LogP contribution in [0, 0.1) is 0 Å². The van der Waals surface area contributed by atoms with Gasteiger partial charge < -0.3 is 23.8 Å². The Morgan fingerprint density at radius 2 is 1.78 bits per heavy atom. The van der Waals surface area contributed by atoms with E-state index in [1.807, 2.05) is 0 Å². The number of oxazole rings is 1. The molecule has 1 heterocycles. The second-order valence-corrected chi connectivity index (χ2v) is 5.96. The van der Waals surface area contributed by atoms with E-state index in [0.29, 0.717) is 0 Å². The van der Waals surface area contributed by atoms with Gasteiger partial charge in [0.1, 0.15) is 17.8 Å². The van der Waals surface area contributed by atoms with Gasteiger partial charge in [-0.1, -0.05) is 5.16 Å². The average molecular weight is 468 g/mol. The molecular weight excluding hydrogens is 454 g/mol. The molecule has 0 aliphatic carbocycles. The monoisotopic (exact) mass is 467 g/mol. The fraction of sp³-hybridized carbons (Fsp3) is 0.167. The van der Waals surface area contributed by atoms with Crippen molar-refractivity contribution in [1.29, 1.82) is 0 Å². The summed E-state index contributed by atoms with van der Waals surface area (Å²) in [6, 6.07) is 3.02. The number of rotatable bonds is 8. The number of oxime groups is 1. The summed E-state index contributed by atoms with van der Waals surface area (Å²) in [7, 11) is 0. The molecule has 1 aromatic carbocycles. The van der Waals surface area contributed by atoms with Gasteiger partial charge in [-0.15, -0.1) is 11.6 Å². The number of halogens is 1. The van der Waals surface area contributed by atoms with Gasteiger partial charge in [-0.25, -0.2) is 9.59 Å². The first-order valence-electron chi connectivity index (χ1n) is 8.46. The molecule has 2 N–H and O–H groups in total. The number of hydrogen-bond acceptors (Lipinski definition) is 11. The Kier molecular flexibility index (Phi) is 8.01. The first-order valence-corrected chi connectivity index (χ1v) is 8.99. The van der Waals surface area contributed by atoms with Crippen LogP contribution in [0.5, 0.6) is 11.5 Å². The Labute approximate surface area is 183 Å². The molecule has 0 bridgehead atoms. The third-order valence-corrected chi connectivity index (χ3v) is 3.47. The highest BCUT2D eigenvalue weighted by atomic mass is 35.5.